The number of rotatable bonds is 6. The average Bonchev–Trinajstić information content (AvgIpc) is 4.02. The fourth-order valence-corrected chi connectivity index (χ4v) is 10.2. The Kier molecular flexibility index (Phi) is 8.23. The van der Waals surface area contributed by atoms with Crippen LogP contribution < -0.4 is 5.32 Å². The van der Waals surface area contributed by atoms with E-state index in [-0.39, 0.29) is 12.3 Å². The van der Waals surface area contributed by atoms with Gasteiger partial charge < -0.3 is 18.9 Å². The zero-order valence-corrected chi connectivity index (χ0v) is 35.1. The fourth-order valence-electron chi connectivity index (χ4n) is 10.2. The molecule has 304 valence electrons. The molecule has 0 amide bonds. The van der Waals surface area contributed by atoms with Gasteiger partial charge in [0.15, 0.2) is 0 Å². The Balaban J connectivity index is 0.930. The van der Waals surface area contributed by atoms with E-state index in [4.69, 9.17) is 9.41 Å². The molecule has 4 heterocycles. The molecule has 0 saturated heterocycles. The molecule has 6 nitrogen and oxygen atoms in total. The molecule has 1 N–H and O–H groups in total. The molecular formula is C58H41N5O. The number of hydrogen-bond acceptors (Lipinski definition) is 4. The molecular weight excluding hydrogens is 783 g/mol. The molecule has 0 radical (unpaired) electrons. The molecule has 0 fully saturated rings. The third-order valence-corrected chi connectivity index (χ3v) is 13.2. The van der Waals surface area contributed by atoms with E-state index in [1.165, 1.54) is 54.7 Å². The van der Waals surface area contributed by atoms with Gasteiger partial charge in [-0.05, 0) is 83.9 Å². The highest BCUT2D eigenvalue weighted by Crippen LogP contribution is 2.43. The first-order valence-electron chi connectivity index (χ1n) is 21.9. The van der Waals surface area contributed by atoms with Crippen LogP contribution in [0.2, 0.25) is 0 Å². The Morgan fingerprint density at radius 1 is 0.438 bits per heavy atom. The summed E-state index contributed by atoms with van der Waals surface area (Å²) in [6.07, 6.45) is -0.450. The van der Waals surface area contributed by atoms with E-state index < -0.39 is 0 Å². The standard InChI is InChI=1S/C58H41N5O/c1-61-57(59-56(39-26-24-38(25-27-39)37-14-4-2-5-15-37)60-58(61)41-30-33-46-45-19-10-13-23-52(45)64-53(46)36-41)40-28-31-43(32-29-40)62-50-22-12-9-20-48(50)54-51(62)35-34-47-44-18-8-11-21-49(44)63(55(47)54)42-16-6-3-7-17-42/h2-36,57-58H,1H3,(H,59,60). The second kappa shape index (κ2) is 14.4. The highest BCUT2D eigenvalue weighted by Gasteiger charge is 2.32. The topological polar surface area (TPSA) is 50.6 Å². The summed E-state index contributed by atoms with van der Waals surface area (Å²) in [7, 11) is 2.15. The summed E-state index contributed by atoms with van der Waals surface area (Å²) in [4.78, 5) is 7.74. The molecule has 1 aliphatic rings. The minimum atomic E-state index is -0.275. The second-order valence-corrected chi connectivity index (χ2v) is 16.8. The van der Waals surface area contributed by atoms with Crippen LogP contribution in [0.1, 0.15) is 29.0 Å². The summed E-state index contributed by atoms with van der Waals surface area (Å²) in [6, 6.07) is 76.0. The Morgan fingerprint density at radius 3 is 1.80 bits per heavy atom. The van der Waals surface area contributed by atoms with Crippen molar-refractivity contribution in [2.45, 2.75) is 12.3 Å². The van der Waals surface area contributed by atoms with Crippen LogP contribution in [-0.4, -0.2) is 26.9 Å². The third kappa shape index (κ3) is 5.66. The number of para-hydroxylation sites is 4. The van der Waals surface area contributed by atoms with Crippen molar-refractivity contribution in [2.75, 3.05) is 7.05 Å². The van der Waals surface area contributed by atoms with Gasteiger partial charge in [-0.1, -0.05) is 158 Å². The lowest BCUT2D eigenvalue weighted by atomic mass is 10.0. The van der Waals surface area contributed by atoms with Gasteiger partial charge in [0.1, 0.15) is 29.3 Å². The van der Waals surface area contributed by atoms with Crippen molar-refractivity contribution in [1.82, 2.24) is 19.4 Å². The number of nitrogens with one attached hydrogen (secondary N) is 1. The Hall–Kier alpha value is -8.19. The third-order valence-electron chi connectivity index (χ3n) is 13.2. The summed E-state index contributed by atoms with van der Waals surface area (Å²) in [5.41, 5.74) is 14.4. The molecule has 13 rings (SSSR count). The van der Waals surface area contributed by atoms with Gasteiger partial charge in [0, 0.05) is 49.3 Å². The van der Waals surface area contributed by atoms with E-state index in [1.807, 2.05) is 12.1 Å². The maximum Gasteiger partial charge on any atom is 0.135 e. The van der Waals surface area contributed by atoms with Crippen molar-refractivity contribution in [3.63, 3.8) is 0 Å². The van der Waals surface area contributed by atoms with E-state index >= 15 is 0 Å². The van der Waals surface area contributed by atoms with Crippen molar-refractivity contribution >= 4 is 71.4 Å². The first-order valence-corrected chi connectivity index (χ1v) is 21.9. The van der Waals surface area contributed by atoms with Gasteiger partial charge in [-0.3, -0.25) is 4.90 Å². The van der Waals surface area contributed by atoms with Crippen LogP contribution in [-0.2, 0) is 0 Å². The molecule has 0 bridgehead atoms. The lowest BCUT2D eigenvalue weighted by Gasteiger charge is -2.39. The van der Waals surface area contributed by atoms with Gasteiger partial charge in [-0.25, -0.2) is 4.99 Å². The molecule has 9 aromatic carbocycles. The summed E-state index contributed by atoms with van der Waals surface area (Å²) in [5, 5.41) is 11.1. The predicted octanol–water partition coefficient (Wildman–Crippen LogP) is 14.1. The molecule has 0 spiro atoms. The van der Waals surface area contributed by atoms with Gasteiger partial charge in [0.2, 0.25) is 0 Å². The SMILES string of the molecule is CN1C(c2ccc3c(c2)oc2ccccc23)N=C(c2ccc(-c3ccccc3)cc2)NC1c1ccc(-n2c3ccccc3c3c2ccc2c4ccccc4n(-c4ccccc4)c23)cc1. The number of amidine groups is 1. The molecule has 2 unspecified atom stereocenters. The minimum absolute atomic E-state index is 0.175. The van der Waals surface area contributed by atoms with Gasteiger partial charge >= 0.3 is 0 Å². The Bertz CT molecular complexity index is 3770. The van der Waals surface area contributed by atoms with Crippen LogP contribution in [0.3, 0.4) is 0 Å². The van der Waals surface area contributed by atoms with Gasteiger partial charge in [-0.15, -0.1) is 0 Å². The van der Waals surface area contributed by atoms with Crippen molar-refractivity contribution in [3.8, 4) is 22.5 Å². The van der Waals surface area contributed by atoms with Gasteiger partial charge in [0.25, 0.3) is 0 Å². The lowest BCUT2D eigenvalue weighted by molar-refractivity contribution is 0.152. The number of furan rings is 1. The van der Waals surface area contributed by atoms with E-state index in [0.29, 0.717) is 0 Å². The normalized spacial score (nSPS) is 15.7. The smallest absolute Gasteiger partial charge is 0.135 e. The van der Waals surface area contributed by atoms with Crippen molar-refractivity contribution in [3.05, 3.63) is 229 Å². The maximum absolute atomic E-state index is 6.39. The fraction of sp³-hybridized carbons (Fsp3) is 0.0517. The quantitative estimate of drug-likeness (QED) is 0.182. The number of benzene rings is 9. The van der Waals surface area contributed by atoms with Crippen LogP contribution in [0.5, 0.6) is 0 Å². The van der Waals surface area contributed by atoms with Gasteiger partial charge in [-0.2, -0.15) is 0 Å². The number of fused-ring (bicyclic) bond motifs is 10. The Morgan fingerprint density at radius 2 is 1.02 bits per heavy atom. The molecule has 64 heavy (non-hydrogen) atoms. The molecule has 3 aromatic heterocycles. The van der Waals surface area contributed by atoms with E-state index in [0.717, 1.165) is 55.8 Å². The molecule has 0 saturated carbocycles. The van der Waals surface area contributed by atoms with E-state index in [9.17, 15) is 0 Å². The van der Waals surface area contributed by atoms with Gasteiger partial charge in [0.05, 0.1) is 22.1 Å². The zero-order valence-electron chi connectivity index (χ0n) is 35.1. The molecule has 12 aromatic rings. The molecule has 6 heteroatoms. The minimum Gasteiger partial charge on any atom is -0.456 e. The highest BCUT2D eigenvalue weighted by atomic mass is 16.3. The largest absolute Gasteiger partial charge is 0.456 e. The van der Waals surface area contributed by atoms with E-state index in [1.54, 1.807) is 0 Å². The van der Waals surface area contributed by atoms with Crippen LogP contribution in [0, 0.1) is 0 Å². The average molecular weight is 824 g/mol. The van der Waals surface area contributed by atoms with Crippen molar-refractivity contribution in [1.29, 1.82) is 0 Å². The molecule has 2 atom stereocenters. The van der Waals surface area contributed by atoms with E-state index in [2.05, 4.69) is 227 Å². The Labute approximate surface area is 369 Å². The highest BCUT2D eigenvalue weighted by molar-refractivity contribution is 6.26. The van der Waals surface area contributed by atoms with Crippen LogP contribution in [0.4, 0.5) is 0 Å². The first-order chi connectivity index (χ1) is 31.7. The van der Waals surface area contributed by atoms with Crippen molar-refractivity contribution in [2.24, 2.45) is 4.99 Å². The van der Waals surface area contributed by atoms with Crippen molar-refractivity contribution < 1.29 is 4.42 Å². The monoisotopic (exact) mass is 823 g/mol. The van der Waals surface area contributed by atoms with Crippen LogP contribution in [0.25, 0.3) is 88.1 Å². The molecule has 0 aliphatic carbocycles. The number of aliphatic imine (C=N–C) groups is 1. The van der Waals surface area contributed by atoms with Crippen LogP contribution in [0.15, 0.2) is 222 Å². The molecule has 1 aliphatic heterocycles. The zero-order chi connectivity index (χ0) is 42.3. The summed E-state index contributed by atoms with van der Waals surface area (Å²) < 4.78 is 11.2. The maximum atomic E-state index is 6.39. The summed E-state index contributed by atoms with van der Waals surface area (Å²) in [5.74, 6) is 0.849. The number of hydrogen-bond donors (Lipinski definition) is 1. The van der Waals surface area contributed by atoms with Crippen LogP contribution >= 0.6 is 0 Å². The predicted molar refractivity (Wildman–Crippen MR) is 264 cm³/mol. The summed E-state index contributed by atoms with van der Waals surface area (Å²) in [6.45, 7) is 0. The number of aromatic nitrogens is 2. The summed E-state index contributed by atoms with van der Waals surface area (Å²) >= 11 is 0. The number of nitrogens with zero attached hydrogens (tertiary/aromatic N) is 4. The first kappa shape index (κ1) is 36.5. The second-order valence-electron chi connectivity index (χ2n) is 16.8. The lowest BCUT2D eigenvalue weighted by Crippen LogP contribution is -2.45.